The number of hydrogen-bond donors (Lipinski definition) is 3. The quantitative estimate of drug-likeness (QED) is 0.613. The van der Waals surface area contributed by atoms with Crippen molar-refractivity contribution in [3.63, 3.8) is 0 Å². The van der Waals surface area contributed by atoms with Crippen LogP contribution in [0.25, 0.3) is 0 Å². The first-order chi connectivity index (χ1) is 7.34. The van der Waals surface area contributed by atoms with Gasteiger partial charge in [-0.1, -0.05) is 6.42 Å². The molecule has 0 aromatic rings. The molecule has 0 aromatic carbocycles. The zero-order valence-corrected chi connectivity index (χ0v) is 9.90. The Balaban J connectivity index is 2.71. The number of aliphatic hydroxyl groups is 1. The zero-order valence-electron chi connectivity index (χ0n) is 9.09. The van der Waals surface area contributed by atoms with Crippen molar-refractivity contribution in [1.29, 1.82) is 0 Å². The topological polar surface area (TPSA) is 104 Å². The molecule has 0 aliphatic heterocycles. The first-order valence-electron chi connectivity index (χ1n) is 5.24. The van der Waals surface area contributed by atoms with Gasteiger partial charge in [-0.15, -0.1) is 0 Å². The molecule has 1 rings (SSSR count). The molecule has 0 spiro atoms. The van der Waals surface area contributed by atoms with Gasteiger partial charge in [0, 0.05) is 6.54 Å². The van der Waals surface area contributed by atoms with Crippen molar-refractivity contribution >= 4 is 16.0 Å². The molecule has 2 unspecified atom stereocenters. The third kappa shape index (κ3) is 3.16. The van der Waals surface area contributed by atoms with Crippen LogP contribution in [-0.4, -0.2) is 42.5 Å². The van der Waals surface area contributed by atoms with Gasteiger partial charge in [-0.05, 0) is 19.8 Å². The molecular weight excluding hydrogens is 234 g/mol. The van der Waals surface area contributed by atoms with E-state index in [9.17, 15) is 13.2 Å². The molecule has 7 heteroatoms. The van der Waals surface area contributed by atoms with Gasteiger partial charge >= 0.3 is 5.97 Å². The fourth-order valence-corrected chi connectivity index (χ4v) is 3.77. The van der Waals surface area contributed by atoms with E-state index in [1.54, 1.807) is 0 Å². The SMILES string of the molecule is C[C@H](O)CNS(=O)(=O)C1CCCC1C(=O)O. The van der Waals surface area contributed by atoms with Crippen molar-refractivity contribution in [3.05, 3.63) is 0 Å². The van der Waals surface area contributed by atoms with Crippen molar-refractivity contribution in [2.24, 2.45) is 5.92 Å². The highest BCUT2D eigenvalue weighted by Crippen LogP contribution is 2.30. The van der Waals surface area contributed by atoms with E-state index in [0.717, 1.165) is 0 Å². The summed E-state index contributed by atoms with van der Waals surface area (Å²) in [5.74, 6) is -1.89. The molecule has 16 heavy (non-hydrogen) atoms. The van der Waals surface area contributed by atoms with Crippen LogP contribution in [0.5, 0.6) is 0 Å². The lowest BCUT2D eigenvalue weighted by Crippen LogP contribution is -2.41. The number of nitrogens with one attached hydrogen (secondary N) is 1. The van der Waals surface area contributed by atoms with E-state index in [1.807, 2.05) is 0 Å². The summed E-state index contributed by atoms with van der Waals surface area (Å²) in [5, 5.41) is 17.0. The Bertz CT molecular complexity index is 351. The fraction of sp³-hybridized carbons (Fsp3) is 0.889. The molecule has 1 aliphatic rings. The minimum Gasteiger partial charge on any atom is -0.481 e. The number of aliphatic carboxylic acids is 1. The van der Waals surface area contributed by atoms with Gasteiger partial charge in [0.2, 0.25) is 10.0 Å². The maximum Gasteiger partial charge on any atom is 0.307 e. The van der Waals surface area contributed by atoms with Crippen LogP contribution >= 0.6 is 0 Å². The fourth-order valence-electron chi connectivity index (χ4n) is 1.92. The first kappa shape index (κ1) is 13.4. The van der Waals surface area contributed by atoms with E-state index in [1.165, 1.54) is 6.92 Å². The Kier molecular flexibility index (Phi) is 4.28. The molecular formula is C9H17NO5S. The Morgan fingerprint density at radius 2 is 2.12 bits per heavy atom. The lowest BCUT2D eigenvalue weighted by atomic mass is 10.1. The van der Waals surface area contributed by atoms with E-state index in [2.05, 4.69) is 4.72 Å². The van der Waals surface area contributed by atoms with Gasteiger partial charge < -0.3 is 10.2 Å². The predicted molar refractivity (Wildman–Crippen MR) is 57.4 cm³/mol. The van der Waals surface area contributed by atoms with Crippen LogP contribution in [0.3, 0.4) is 0 Å². The van der Waals surface area contributed by atoms with Gasteiger partial charge in [0.25, 0.3) is 0 Å². The van der Waals surface area contributed by atoms with Crippen molar-refractivity contribution < 1.29 is 23.4 Å². The van der Waals surface area contributed by atoms with E-state index in [0.29, 0.717) is 19.3 Å². The average Bonchev–Trinajstić information content (AvgIpc) is 2.63. The van der Waals surface area contributed by atoms with Crippen molar-refractivity contribution in [2.75, 3.05) is 6.54 Å². The van der Waals surface area contributed by atoms with Crippen molar-refractivity contribution in [2.45, 2.75) is 37.5 Å². The standard InChI is InChI=1S/C9H17NO5S/c1-6(11)5-10-16(14,15)8-4-2-3-7(8)9(12)13/h6-8,10-11H,2-5H2,1H3,(H,12,13)/t6-,7?,8?/m0/s1. The second kappa shape index (κ2) is 5.11. The molecule has 94 valence electrons. The highest BCUT2D eigenvalue weighted by atomic mass is 32.2. The van der Waals surface area contributed by atoms with Gasteiger partial charge in [-0.25, -0.2) is 13.1 Å². The lowest BCUT2D eigenvalue weighted by molar-refractivity contribution is -0.141. The minimum atomic E-state index is -3.64. The Hall–Kier alpha value is -0.660. The summed E-state index contributed by atoms with van der Waals surface area (Å²) in [5.41, 5.74) is 0. The zero-order chi connectivity index (χ0) is 12.3. The Morgan fingerprint density at radius 3 is 2.62 bits per heavy atom. The van der Waals surface area contributed by atoms with Gasteiger partial charge in [-0.3, -0.25) is 4.79 Å². The van der Waals surface area contributed by atoms with Crippen LogP contribution in [-0.2, 0) is 14.8 Å². The highest BCUT2D eigenvalue weighted by molar-refractivity contribution is 7.90. The van der Waals surface area contributed by atoms with Crippen LogP contribution in [0.15, 0.2) is 0 Å². The summed E-state index contributed by atoms with van der Waals surface area (Å²) in [4.78, 5) is 10.9. The van der Waals surface area contributed by atoms with Gasteiger partial charge in [0.15, 0.2) is 0 Å². The average molecular weight is 251 g/mol. The molecule has 0 heterocycles. The van der Waals surface area contributed by atoms with Crippen LogP contribution in [0.4, 0.5) is 0 Å². The molecule has 1 saturated carbocycles. The molecule has 1 fully saturated rings. The largest absolute Gasteiger partial charge is 0.481 e. The molecule has 1 aliphatic carbocycles. The van der Waals surface area contributed by atoms with Gasteiger partial charge in [0.1, 0.15) is 0 Å². The summed E-state index contributed by atoms with van der Waals surface area (Å²) in [6.45, 7) is 1.39. The molecule has 0 saturated heterocycles. The maximum atomic E-state index is 11.8. The number of carbonyl (C=O) groups is 1. The number of carboxylic acid groups (broad SMARTS) is 1. The summed E-state index contributed by atoms with van der Waals surface area (Å²) in [6.07, 6.45) is 0.596. The second-order valence-electron chi connectivity index (χ2n) is 4.16. The Labute approximate surface area is 94.7 Å². The molecule has 0 amide bonds. The predicted octanol–water partition coefficient (Wildman–Crippen LogP) is -0.460. The second-order valence-corrected chi connectivity index (χ2v) is 6.14. The molecule has 6 nitrogen and oxygen atoms in total. The van der Waals surface area contributed by atoms with Gasteiger partial charge in [0.05, 0.1) is 17.3 Å². The molecule has 0 bridgehead atoms. The van der Waals surface area contributed by atoms with E-state index < -0.39 is 33.3 Å². The monoisotopic (exact) mass is 251 g/mol. The van der Waals surface area contributed by atoms with E-state index in [-0.39, 0.29) is 6.54 Å². The summed E-state index contributed by atoms with van der Waals surface area (Å²) >= 11 is 0. The van der Waals surface area contributed by atoms with E-state index in [4.69, 9.17) is 10.2 Å². The van der Waals surface area contributed by atoms with Gasteiger partial charge in [-0.2, -0.15) is 0 Å². The normalized spacial score (nSPS) is 27.9. The van der Waals surface area contributed by atoms with Crippen LogP contribution < -0.4 is 4.72 Å². The number of hydrogen-bond acceptors (Lipinski definition) is 4. The highest BCUT2D eigenvalue weighted by Gasteiger charge is 2.41. The third-order valence-electron chi connectivity index (χ3n) is 2.75. The number of sulfonamides is 1. The Morgan fingerprint density at radius 1 is 1.50 bits per heavy atom. The summed E-state index contributed by atoms with van der Waals surface area (Å²) in [7, 11) is -3.64. The summed E-state index contributed by atoms with van der Waals surface area (Å²) < 4.78 is 25.8. The molecule has 3 N–H and O–H groups in total. The minimum absolute atomic E-state index is 0.0782. The van der Waals surface area contributed by atoms with Crippen molar-refractivity contribution in [1.82, 2.24) is 4.72 Å². The van der Waals surface area contributed by atoms with E-state index >= 15 is 0 Å². The maximum absolute atomic E-state index is 11.8. The molecule has 3 atom stereocenters. The first-order valence-corrected chi connectivity index (χ1v) is 6.78. The summed E-state index contributed by atoms with van der Waals surface area (Å²) in [6, 6.07) is 0. The molecule has 0 aromatic heterocycles. The van der Waals surface area contributed by atoms with Crippen LogP contribution in [0.2, 0.25) is 0 Å². The third-order valence-corrected chi connectivity index (χ3v) is 4.68. The number of aliphatic hydroxyl groups excluding tert-OH is 1. The number of carboxylic acids is 1. The van der Waals surface area contributed by atoms with Crippen LogP contribution in [0.1, 0.15) is 26.2 Å². The number of rotatable bonds is 5. The van der Waals surface area contributed by atoms with Crippen molar-refractivity contribution in [3.8, 4) is 0 Å². The van der Waals surface area contributed by atoms with Crippen LogP contribution in [0, 0.1) is 5.92 Å². The lowest BCUT2D eigenvalue weighted by Gasteiger charge is -2.17. The molecule has 0 radical (unpaired) electrons. The smallest absolute Gasteiger partial charge is 0.307 e.